The molecule has 0 spiro atoms. The standard InChI is InChI=1S/C13H13NO3/c1-8(15)10-7-11(13(14)16)17-12(10)9-5-3-2-4-6-9/h2-6,11H,7H2,1H3,(H2,14,16)/t11-/m0/s1. The molecule has 1 aromatic carbocycles. The number of amides is 1. The number of carbonyl (C=O) groups excluding carboxylic acids is 2. The highest BCUT2D eigenvalue weighted by Crippen LogP contribution is 2.32. The molecule has 0 fully saturated rings. The summed E-state index contributed by atoms with van der Waals surface area (Å²) >= 11 is 0. The summed E-state index contributed by atoms with van der Waals surface area (Å²) in [6, 6.07) is 9.24. The normalized spacial score (nSPS) is 19.0. The predicted molar refractivity (Wildman–Crippen MR) is 62.7 cm³/mol. The fourth-order valence-corrected chi connectivity index (χ4v) is 1.83. The van der Waals surface area contributed by atoms with Gasteiger partial charge in [0.15, 0.2) is 11.9 Å². The number of hydrogen-bond donors (Lipinski definition) is 1. The van der Waals surface area contributed by atoms with Gasteiger partial charge in [0.25, 0.3) is 5.91 Å². The van der Waals surface area contributed by atoms with Crippen molar-refractivity contribution in [1.82, 2.24) is 0 Å². The van der Waals surface area contributed by atoms with Crippen LogP contribution in [-0.4, -0.2) is 17.8 Å². The number of hydrogen-bond acceptors (Lipinski definition) is 3. The zero-order chi connectivity index (χ0) is 12.4. The maximum Gasteiger partial charge on any atom is 0.258 e. The Morgan fingerprint density at radius 2 is 1.94 bits per heavy atom. The van der Waals surface area contributed by atoms with Crippen LogP contribution in [0.25, 0.3) is 5.76 Å². The molecule has 0 bridgehead atoms. The van der Waals surface area contributed by atoms with E-state index in [1.54, 1.807) is 0 Å². The molecule has 0 unspecified atom stereocenters. The summed E-state index contributed by atoms with van der Waals surface area (Å²) in [6.07, 6.45) is -0.473. The van der Waals surface area contributed by atoms with E-state index >= 15 is 0 Å². The second-order valence-corrected chi connectivity index (χ2v) is 3.94. The zero-order valence-corrected chi connectivity index (χ0v) is 9.47. The Morgan fingerprint density at radius 1 is 1.29 bits per heavy atom. The molecule has 0 aromatic heterocycles. The molecule has 1 amide bonds. The van der Waals surface area contributed by atoms with Crippen LogP contribution in [-0.2, 0) is 14.3 Å². The molecule has 0 radical (unpaired) electrons. The number of ketones is 1. The van der Waals surface area contributed by atoms with Crippen molar-refractivity contribution in [3.63, 3.8) is 0 Å². The minimum atomic E-state index is -0.732. The average Bonchev–Trinajstić information content (AvgIpc) is 2.75. The summed E-state index contributed by atoms with van der Waals surface area (Å²) in [5.74, 6) is -0.163. The highest BCUT2D eigenvalue weighted by atomic mass is 16.5. The van der Waals surface area contributed by atoms with Gasteiger partial charge in [-0.3, -0.25) is 9.59 Å². The summed E-state index contributed by atoms with van der Waals surface area (Å²) in [6.45, 7) is 1.46. The quantitative estimate of drug-likeness (QED) is 0.851. The fourth-order valence-electron chi connectivity index (χ4n) is 1.83. The molecule has 0 aliphatic carbocycles. The second kappa shape index (κ2) is 4.41. The van der Waals surface area contributed by atoms with Gasteiger partial charge in [-0.2, -0.15) is 0 Å². The number of benzene rings is 1. The van der Waals surface area contributed by atoms with Gasteiger partial charge in [0.1, 0.15) is 5.76 Å². The monoisotopic (exact) mass is 231 g/mol. The number of Topliss-reactive ketones (excluding diaryl/α,β-unsaturated/α-hetero) is 1. The van der Waals surface area contributed by atoms with Crippen molar-refractivity contribution in [3.05, 3.63) is 41.5 Å². The molecule has 4 nitrogen and oxygen atoms in total. The number of nitrogens with two attached hydrogens (primary N) is 1. The predicted octanol–water partition coefficient (Wildman–Crippen LogP) is 1.26. The molecule has 1 aliphatic heterocycles. The van der Waals surface area contributed by atoms with Gasteiger partial charge in [0, 0.05) is 17.6 Å². The van der Waals surface area contributed by atoms with Crippen molar-refractivity contribution < 1.29 is 14.3 Å². The topological polar surface area (TPSA) is 69.4 Å². The van der Waals surface area contributed by atoms with Crippen molar-refractivity contribution in [2.45, 2.75) is 19.4 Å². The first kappa shape index (κ1) is 11.4. The first-order valence-electron chi connectivity index (χ1n) is 5.35. The van der Waals surface area contributed by atoms with Crippen LogP contribution in [0.5, 0.6) is 0 Å². The third-order valence-corrected chi connectivity index (χ3v) is 2.70. The van der Waals surface area contributed by atoms with Crippen LogP contribution in [0.15, 0.2) is 35.9 Å². The summed E-state index contributed by atoms with van der Waals surface area (Å²) in [4.78, 5) is 22.6. The maximum absolute atomic E-state index is 11.5. The van der Waals surface area contributed by atoms with E-state index in [9.17, 15) is 9.59 Å². The van der Waals surface area contributed by atoms with E-state index in [4.69, 9.17) is 10.5 Å². The molecule has 0 saturated carbocycles. The van der Waals surface area contributed by atoms with Crippen LogP contribution in [0.2, 0.25) is 0 Å². The van der Waals surface area contributed by atoms with Crippen molar-refractivity contribution in [2.24, 2.45) is 5.73 Å². The van der Waals surface area contributed by atoms with E-state index in [2.05, 4.69) is 0 Å². The summed E-state index contributed by atoms with van der Waals surface area (Å²) < 4.78 is 5.47. The first-order chi connectivity index (χ1) is 8.09. The molecule has 4 heteroatoms. The Kier molecular flexibility index (Phi) is 2.95. The summed E-state index contributed by atoms with van der Waals surface area (Å²) in [7, 11) is 0. The molecule has 1 atom stereocenters. The first-order valence-corrected chi connectivity index (χ1v) is 5.35. The van der Waals surface area contributed by atoms with Crippen molar-refractivity contribution in [1.29, 1.82) is 0 Å². The number of rotatable bonds is 3. The van der Waals surface area contributed by atoms with Gasteiger partial charge in [-0.15, -0.1) is 0 Å². The third-order valence-electron chi connectivity index (χ3n) is 2.70. The smallest absolute Gasteiger partial charge is 0.258 e. The molecule has 2 rings (SSSR count). The van der Waals surface area contributed by atoms with Crippen LogP contribution in [0.3, 0.4) is 0 Å². The minimum Gasteiger partial charge on any atom is -0.479 e. The molecule has 1 heterocycles. The van der Waals surface area contributed by atoms with E-state index in [1.807, 2.05) is 30.3 Å². The largest absolute Gasteiger partial charge is 0.479 e. The van der Waals surface area contributed by atoms with Gasteiger partial charge in [-0.25, -0.2) is 0 Å². The Morgan fingerprint density at radius 3 is 2.47 bits per heavy atom. The molecular formula is C13H13NO3. The Hall–Kier alpha value is -2.10. The van der Waals surface area contributed by atoms with E-state index in [0.29, 0.717) is 11.3 Å². The third kappa shape index (κ3) is 2.20. The Bertz CT molecular complexity index is 491. The fraction of sp³-hybridized carbons (Fsp3) is 0.231. The van der Waals surface area contributed by atoms with E-state index in [0.717, 1.165) is 5.56 Å². The van der Waals surface area contributed by atoms with Gasteiger partial charge < -0.3 is 10.5 Å². The highest BCUT2D eigenvalue weighted by molar-refractivity contribution is 6.02. The Labute approximate surface area is 99.1 Å². The molecule has 88 valence electrons. The van der Waals surface area contributed by atoms with Crippen LogP contribution in [0.1, 0.15) is 18.9 Å². The lowest BCUT2D eigenvalue weighted by Gasteiger charge is -2.09. The molecular weight excluding hydrogens is 218 g/mol. The van der Waals surface area contributed by atoms with Crippen LogP contribution < -0.4 is 5.73 Å². The minimum absolute atomic E-state index is 0.0902. The van der Waals surface area contributed by atoms with E-state index in [-0.39, 0.29) is 12.2 Å². The van der Waals surface area contributed by atoms with Gasteiger partial charge in [-0.05, 0) is 6.92 Å². The molecule has 1 aromatic rings. The van der Waals surface area contributed by atoms with Gasteiger partial charge in [0.2, 0.25) is 0 Å². The highest BCUT2D eigenvalue weighted by Gasteiger charge is 2.32. The number of carbonyl (C=O) groups is 2. The van der Waals surface area contributed by atoms with Crippen LogP contribution in [0, 0.1) is 0 Å². The van der Waals surface area contributed by atoms with E-state index < -0.39 is 12.0 Å². The molecule has 17 heavy (non-hydrogen) atoms. The van der Waals surface area contributed by atoms with Crippen molar-refractivity contribution in [2.75, 3.05) is 0 Å². The maximum atomic E-state index is 11.5. The van der Waals surface area contributed by atoms with Crippen molar-refractivity contribution in [3.8, 4) is 0 Å². The number of ether oxygens (including phenoxy) is 1. The average molecular weight is 231 g/mol. The van der Waals surface area contributed by atoms with Gasteiger partial charge in [-0.1, -0.05) is 30.3 Å². The lowest BCUT2D eigenvalue weighted by Crippen LogP contribution is -2.28. The van der Waals surface area contributed by atoms with Crippen LogP contribution in [0.4, 0.5) is 0 Å². The van der Waals surface area contributed by atoms with Crippen LogP contribution >= 0.6 is 0 Å². The van der Waals surface area contributed by atoms with Gasteiger partial charge >= 0.3 is 0 Å². The SMILES string of the molecule is CC(=O)C1=C(c2ccccc2)O[C@H](C(N)=O)C1. The summed E-state index contributed by atoms with van der Waals surface area (Å²) in [5.41, 5.74) is 6.52. The molecule has 0 saturated heterocycles. The second-order valence-electron chi connectivity index (χ2n) is 3.94. The number of primary amides is 1. The lowest BCUT2D eigenvalue weighted by atomic mass is 10.0. The van der Waals surface area contributed by atoms with Gasteiger partial charge in [0.05, 0.1) is 0 Å². The van der Waals surface area contributed by atoms with E-state index in [1.165, 1.54) is 6.92 Å². The molecule has 1 aliphatic rings. The Balaban J connectivity index is 2.38. The zero-order valence-electron chi connectivity index (χ0n) is 9.47. The lowest BCUT2D eigenvalue weighted by molar-refractivity contribution is -0.124. The molecule has 2 N–H and O–H groups in total. The van der Waals surface area contributed by atoms with Crippen molar-refractivity contribution >= 4 is 17.4 Å². The summed E-state index contributed by atoms with van der Waals surface area (Å²) in [5, 5.41) is 0.